The highest BCUT2D eigenvalue weighted by Gasteiger charge is 2.28. The average Bonchev–Trinajstić information content (AvgIpc) is 3.02. The van der Waals surface area contributed by atoms with Crippen molar-refractivity contribution < 1.29 is 0 Å². The van der Waals surface area contributed by atoms with E-state index in [9.17, 15) is 0 Å². The van der Waals surface area contributed by atoms with Crippen LogP contribution in [-0.4, -0.2) is 27.6 Å². The Hall–Kier alpha value is -1.88. The number of hydrogen-bond donors (Lipinski definition) is 0. The van der Waals surface area contributed by atoms with Crippen LogP contribution in [0.3, 0.4) is 0 Å². The molecule has 0 N–H and O–H groups in total. The summed E-state index contributed by atoms with van der Waals surface area (Å²) in [4.78, 5) is 11.1. The van der Waals surface area contributed by atoms with Crippen LogP contribution in [0.5, 0.6) is 0 Å². The Balaban J connectivity index is 1.49. The zero-order chi connectivity index (χ0) is 13.5. The van der Waals surface area contributed by atoms with Crippen molar-refractivity contribution in [3.8, 4) is 0 Å². The van der Waals surface area contributed by atoms with Crippen molar-refractivity contribution >= 4 is 27.2 Å². The topological polar surface area (TPSA) is 34.0 Å². The van der Waals surface area contributed by atoms with Crippen LogP contribution in [-0.2, 0) is 6.54 Å². The summed E-state index contributed by atoms with van der Waals surface area (Å²) in [6, 6.07) is 4.23. The first-order valence-electron chi connectivity index (χ1n) is 6.86. The second kappa shape index (κ2) is 4.59. The second-order valence-electron chi connectivity index (χ2n) is 5.36. The lowest BCUT2D eigenvalue weighted by atomic mass is 9.99. The minimum Gasteiger partial charge on any atom is -0.369 e. The minimum atomic E-state index is 0.714. The van der Waals surface area contributed by atoms with Crippen LogP contribution in [0.25, 0.3) is 10.2 Å². The van der Waals surface area contributed by atoms with Crippen molar-refractivity contribution in [2.45, 2.75) is 13.5 Å². The van der Waals surface area contributed by atoms with E-state index in [0.717, 1.165) is 31.0 Å². The first kappa shape index (κ1) is 11.9. The second-order valence-corrected chi connectivity index (χ2v) is 6.28. The molecule has 3 aromatic heterocycles. The summed E-state index contributed by atoms with van der Waals surface area (Å²) in [5.41, 5.74) is 2.45. The van der Waals surface area contributed by atoms with Gasteiger partial charge in [0.1, 0.15) is 5.82 Å². The van der Waals surface area contributed by atoms with E-state index in [1.165, 1.54) is 10.4 Å². The van der Waals surface area contributed by atoms with Crippen LogP contribution in [0, 0.1) is 12.8 Å². The SMILES string of the molecule is Cc1nccn1CC1CN(c2ccnc3ccsc23)C1. The van der Waals surface area contributed by atoms with Crippen LogP contribution in [0.2, 0.25) is 0 Å². The van der Waals surface area contributed by atoms with E-state index in [1.807, 2.05) is 12.4 Å². The number of pyridine rings is 1. The molecular weight excluding hydrogens is 268 g/mol. The highest BCUT2D eigenvalue weighted by atomic mass is 32.1. The van der Waals surface area contributed by atoms with E-state index in [1.54, 1.807) is 11.3 Å². The molecule has 0 unspecified atom stereocenters. The largest absolute Gasteiger partial charge is 0.369 e. The van der Waals surface area contributed by atoms with Gasteiger partial charge in [-0.25, -0.2) is 4.98 Å². The molecule has 4 rings (SSSR count). The molecule has 102 valence electrons. The van der Waals surface area contributed by atoms with Gasteiger partial charge in [-0.15, -0.1) is 11.3 Å². The number of rotatable bonds is 3. The molecular formula is C15H16N4S. The fourth-order valence-electron chi connectivity index (χ4n) is 2.87. The maximum absolute atomic E-state index is 4.41. The predicted octanol–water partition coefficient (Wildman–Crippen LogP) is 2.94. The number of hydrogen-bond acceptors (Lipinski definition) is 4. The molecule has 4 nitrogen and oxygen atoms in total. The zero-order valence-electron chi connectivity index (χ0n) is 11.4. The standard InChI is InChI=1S/C15H16N4S/c1-11-16-5-6-18(11)8-12-9-19(10-12)14-2-4-17-13-3-7-20-15(13)14/h2-7,12H,8-10H2,1H3. The summed E-state index contributed by atoms with van der Waals surface area (Å²) in [6.07, 6.45) is 5.86. The number of nitrogens with zero attached hydrogens (tertiary/aromatic N) is 4. The third kappa shape index (κ3) is 1.89. The van der Waals surface area contributed by atoms with Gasteiger partial charge in [0.25, 0.3) is 0 Å². The van der Waals surface area contributed by atoms with Crippen molar-refractivity contribution in [1.82, 2.24) is 14.5 Å². The molecule has 1 aliphatic heterocycles. The minimum absolute atomic E-state index is 0.714. The number of anilines is 1. The maximum Gasteiger partial charge on any atom is 0.105 e. The normalized spacial score (nSPS) is 15.8. The van der Waals surface area contributed by atoms with E-state index < -0.39 is 0 Å². The Bertz CT molecular complexity index is 739. The number of aryl methyl sites for hydroxylation is 1. The van der Waals surface area contributed by atoms with Crippen molar-refractivity contribution in [2.75, 3.05) is 18.0 Å². The molecule has 1 aliphatic rings. The van der Waals surface area contributed by atoms with Gasteiger partial charge in [0.05, 0.1) is 15.9 Å². The van der Waals surface area contributed by atoms with Crippen LogP contribution in [0.15, 0.2) is 36.1 Å². The summed E-state index contributed by atoms with van der Waals surface area (Å²) in [5, 5.41) is 2.12. The fourth-order valence-corrected chi connectivity index (χ4v) is 3.76. The van der Waals surface area contributed by atoms with E-state index in [2.05, 4.69) is 50.1 Å². The smallest absolute Gasteiger partial charge is 0.105 e. The highest BCUT2D eigenvalue weighted by Crippen LogP contribution is 2.34. The van der Waals surface area contributed by atoms with Gasteiger partial charge in [0, 0.05) is 44.1 Å². The number of aromatic nitrogens is 3. The monoisotopic (exact) mass is 284 g/mol. The van der Waals surface area contributed by atoms with Crippen molar-refractivity contribution in [3.05, 3.63) is 41.9 Å². The molecule has 4 heterocycles. The molecule has 3 aromatic rings. The van der Waals surface area contributed by atoms with Gasteiger partial charge in [-0.3, -0.25) is 4.98 Å². The summed E-state index contributed by atoms with van der Waals surface area (Å²) in [6.45, 7) is 5.37. The number of thiophene rings is 1. The van der Waals surface area contributed by atoms with Crippen molar-refractivity contribution in [1.29, 1.82) is 0 Å². The van der Waals surface area contributed by atoms with Gasteiger partial charge in [0.15, 0.2) is 0 Å². The van der Waals surface area contributed by atoms with E-state index in [4.69, 9.17) is 0 Å². The third-order valence-electron chi connectivity index (χ3n) is 4.00. The molecule has 20 heavy (non-hydrogen) atoms. The molecule has 0 atom stereocenters. The lowest BCUT2D eigenvalue weighted by molar-refractivity contribution is 0.355. The summed E-state index contributed by atoms with van der Waals surface area (Å²) in [5.74, 6) is 1.82. The highest BCUT2D eigenvalue weighted by molar-refractivity contribution is 7.17. The summed E-state index contributed by atoms with van der Waals surface area (Å²) >= 11 is 1.78. The van der Waals surface area contributed by atoms with Gasteiger partial charge < -0.3 is 9.47 Å². The van der Waals surface area contributed by atoms with Crippen molar-refractivity contribution in [3.63, 3.8) is 0 Å². The first-order chi connectivity index (χ1) is 9.81. The van der Waals surface area contributed by atoms with E-state index in [-0.39, 0.29) is 0 Å². The third-order valence-corrected chi connectivity index (χ3v) is 4.93. The molecule has 1 fully saturated rings. The van der Waals surface area contributed by atoms with Crippen LogP contribution < -0.4 is 4.90 Å². The number of fused-ring (bicyclic) bond motifs is 1. The maximum atomic E-state index is 4.41. The van der Waals surface area contributed by atoms with Gasteiger partial charge in [0.2, 0.25) is 0 Å². The van der Waals surface area contributed by atoms with E-state index >= 15 is 0 Å². The molecule has 0 spiro atoms. The first-order valence-corrected chi connectivity index (χ1v) is 7.74. The lowest BCUT2D eigenvalue weighted by Gasteiger charge is -2.41. The average molecular weight is 284 g/mol. The lowest BCUT2D eigenvalue weighted by Crippen LogP contribution is -2.48. The molecule has 0 aliphatic carbocycles. The molecule has 0 aromatic carbocycles. The Morgan fingerprint density at radius 2 is 2.15 bits per heavy atom. The molecule has 0 radical (unpaired) electrons. The Morgan fingerprint density at radius 3 is 2.95 bits per heavy atom. The van der Waals surface area contributed by atoms with Crippen LogP contribution in [0.4, 0.5) is 5.69 Å². The molecule has 0 amide bonds. The van der Waals surface area contributed by atoms with Crippen LogP contribution >= 0.6 is 11.3 Å². The van der Waals surface area contributed by atoms with Crippen LogP contribution in [0.1, 0.15) is 5.82 Å². The molecule has 1 saturated heterocycles. The molecule has 0 saturated carbocycles. The summed E-state index contributed by atoms with van der Waals surface area (Å²) < 4.78 is 3.56. The Kier molecular flexibility index (Phi) is 2.73. The van der Waals surface area contributed by atoms with Gasteiger partial charge in [-0.05, 0) is 24.4 Å². The zero-order valence-corrected chi connectivity index (χ0v) is 12.2. The number of imidazole rings is 1. The van der Waals surface area contributed by atoms with Gasteiger partial charge in [-0.1, -0.05) is 0 Å². The Labute approximate surface area is 121 Å². The fraction of sp³-hybridized carbons (Fsp3) is 0.333. The molecule has 5 heteroatoms. The van der Waals surface area contributed by atoms with Gasteiger partial charge in [-0.2, -0.15) is 0 Å². The van der Waals surface area contributed by atoms with Crippen molar-refractivity contribution in [2.24, 2.45) is 5.92 Å². The predicted molar refractivity (Wildman–Crippen MR) is 82.3 cm³/mol. The van der Waals surface area contributed by atoms with Gasteiger partial charge >= 0.3 is 0 Å². The molecule has 0 bridgehead atoms. The Morgan fingerprint density at radius 1 is 1.25 bits per heavy atom. The summed E-state index contributed by atoms with van der Waals surface area (Å²) in [7, 11) is 0. The quantitative estimate of drug-likeness (QED) is 0.741. The van der Waals surface area contributed by atoms with E-state index in [0.29, 0.717) is 5.92 Å².